The second kappa shape index (κ2) is 4.83. The Kier molecular flexibility index (Phi) is 3.67. The predicted molar refractivity (Wildman–Crippen MR) is 52.1 cm³/mol. The quantitative estimate of drug-likeness (QED) is 0.634. The lowest BCUT2D eigenvalue weighted by atomic mass is 10.1. The first-order chi connectivity index (χ1) is 5.86. The van der Waals surface area contributed by atoms with Crippen molar-refractivity contribution in [2.45, 2.75) is 39.5 Å². The van der Waals surface area contributed by atoms with E-state index in [1.165, 1.54) is 24.0 Å². The molecule has 1 aromatic rings. The van der Waals surface area contributed by atoms with Crippen molar-refractivity contribution in [2.75, 3.05) is 0 Å². The molecule has 12 heavy (non-hydrogen) atoms. The van der Waals surface area contributed by atoms with Crippen molar-refractivity contribution >= 4 is 0 Å². The number of hydrogen-bond acceptors (Lipinski definition) is 0. The molecule has 0 N–H and O–H groups in total. The average molecular weight is 160 g/mol. The van der Waals surface area contributed by atoms with E-state index in [0.717, 1.165) is 12.8 Å². The van der Waals surface area contributed by atoms with Crippen LogP contribution < -0.4 is 0 Å². The minimum atomic E-state index is 1.06. The minimum absolute atomic E-state index is 1.06. The van der Waals surface area contributed by atoms with Crippen LogP contribution in [0.2, 0.25) is 0 Å². The number of hydrogen-bond donors (Lipinski definition) is 0. The van der Waals surface area contributed by atoms with Crippen LogP contribution in [0.4, 0.5) is 0 Å². The third kappa shape index (κ3) is 2.58. The summed E-state index contributed by atoms with van der Waals surface area (Å²) in [5.41, 5.74) is 2.56. The van der Waals surface area contributed by atoms with E-state index in [1.54, 1.807) is 0 Å². The first kappa shape index (κ1) is 9.13. The summed E-state index contributed by atoms with van der Waals surface area (Å²) in [4.78, 5) is 0. The molecule has 1 aromatic carbocycles. The molecule has 0 nitrogen and oxygen atoms in total. The average Bonchev–Trinajstić information content (AvgIpc) is 2.15. The summed E-state index contributed by atoms with van der Waals surface area (Å²) in [5.74, 6) is 0. The highest BCUT2D eigenvalue weighted by Crippen LogP contribution is 2.03. The Morgan fingerprint density at radius 1 is 1.08 bits per heavy atom. The molecule has 1 rings (SSSR count). The maximum atomic E-state index is 3.20. The topological polar surface area (TPSA) is 0 Å². The summed E-state index contributed by atoms with van der Waals surface area (Å²) in [5, 5.41) is 0. The molecular weight excluding hydrogens is 144 g/mol. The second-order valence-corrected chi connectivity index (χ2v) is 3.09. The third-order valence-corrected chi connectivity index (χ3v) is 2.05. The third-order valence-electron chi connectivity index (χ3n) is 2.05. The lowest BCUT2D eigenvalue weighted by Gasteiger charge is -1.95. The van der Waals surface area contributed by atoms with E-state index in [2.05, 4.69) is 38.1 Å². The Labute approximate surface area is 75.6 Å². The fourth-order valence-corrected chi connectivity index (χ4v) is 1.16. The molecular formula is C12H16. The SMILES string of the molecule is CCCCc1c#cc(CC)cc1. The van der Waals surface area contributed by atoms with Crippen LogP contribution in [-0.4, -0.2) is 0 Å². The van der Waals surface area contributed by atoms with E-state index in [1.807, 2.05) is 0 Å². The minimum Gasteiger partial charge on any atom is -0.0665 e. The monoisotopic (exact) mass is 160 g/mol. The first-order valence-electron chi connectivity index (χ1n) is 4.78. The summed E-state index contributed by atoms with van der Waals surface area (Å²) in [6.45, 7) is 4.36. The Balaban J connectivity index is 2.53. The van der Waals surface area contributed by atoms with Gasteiger partial charge < -0.3 is 0 Å². The maximum Gasteiger partial charge on any atom is 0.00242 e. The normalized spacial score (nSPS) is 9.50. The largest absolute Gasteiger partial charge is 0.0665 e. The summed E-state index contributed by atoms with van der Waals surface area (Å²) in [6.07, 6.45) is 4.72. The van der Waals surface area contributed by atoms with Crippen LogP contribution in [0.1, 0.15) is 37.8 Å². The molecule has 0 spiro atoms. The van der Waals surface area contributed by atoms with Gasteiger partial charge in [0.05, 0.1) is 0 Å². The smallest absolute Gasteiger partial charge is 0.00242 e. The van der Waals surface area contributed by atoms with Gasteiger partial charge in [0.1, 0.15) is 0 Å². The number of aryl methyl sites for hydroxylation is 2. The van der Waals surface area contributed by atoms with E-state index in [4.69, 9.17) is 0 Å². The van der Waals surface area contributed by atoms with E-state index < -0.39 is 0 Å². The predicted octanol–water partition coefficient (Wildman–Crippen LogP) is 3.19. The standard InChI is InChI=1S/C12H16/c1-3-5-6-12-9-7-11(4-2)8-10-12/h7,9H,3-6H2,1-2H3. The van der Waals surface area contributed by atoms with Crippen LogP contribution in [0.25, 0.3) is 0 Å². The Morgan fingerprint density at radius 2 is 1.75 bits per heavy atom. The highest BCUT2D eigenvalue weighted by Gasteiger charge is 1.90. The highest BCUT2D eigenvalue weighted by molar-refractivity contribution is 5.15. The summed E-state index contributed by atoms with van der Waals surface area (Å²) in [6, 6.07) is 10.7. The molecule has 0 heteroatoms. The van der Waals surface area contributed by atoms with Crippen LogP contribution in [0.15, 0.2) is 12.1 Å². The maximum absolute atomic E-state index is 3.20. The molecule has 0 heterocycles. The van der Waals surface area contributed by atoms with Crippen molar-refractivity contribution in [3.63, 3.8) is 0 Å². The molecule has 0 saturated heterocycles. The van der Waals surface area contributed by atoms with Gasteiger partial charge in [-0.05, 0) is 31.4 Å². The van der Waals surface area contributed by atoms with Crippen LogP contribution in [0.3, 0.4) is 0 Å². The second-order valence-electron chi connectivity index (χ2n) is 3.09. The van der Waals surface area contributed by atoms with Gasteiger partial charge in [0.2, 0.25) is 0 Å². The van der Waals surface area contributed by atoms with Crippen molar-refractivity contribution in [2.24, 2.45) is 0 Å². The zero-order chi connectivity index (χ0) is 8.81. The number of rotatable bonds is 4. The van der Waals surface area contributed by atoms with E-state index in [-0.39, 0.29) is 0 Å². The molecule has 0 saturated carbocycles. The van der Waals surface area contributed by atoms with Gasteiger partial charge in [0, 0.05) is 11.1 Å². The molecule has 0 atom stereocenters. The van der Waals surface area contributed by atoms with Crippen molar-refractivity contribution in [3.8, 4) is 0 Å². The van der Waals surface area contributed by atoms with Gasteiger partial charge in [0.25, 0.3) is 0 Å². The Bertz CT molecular complexity index is 208. The molecule has 0 radical (unpaired) electrons. The van der Waals surface area contributed by atoms with Crippen LogP contribution in [-0.2, 0) is 12.8 Å². The summed E-state index contributed by atoms with van der Waals surface area (Å²) in [7, 11) is 0. The first-order valence-corrected chi connectivity index (χ1v) is 4.78. The van der Waals surface area contributed by atoms with Crippen molar-refractivity contribution in [1.82, 2.24) is 0 Å². The van der Waals surface area contributed by atoms with Gasteiger partial charge in [-0.1, -0.05) is 32.4 Å². The molecule has 64 valence electrons. The van der Waals surface area contributed by atoms with E-state index >= 15 is 0 Å². The van der Waals surface area contributed by atoms with Crippen molar-refractivity contribution in [1.29, 1.82) is 0 Å². The molecule has 0 aliphatic carbocycles. The fourth-order valence-electron chi connectivity index (χ4n) is 1.16. The van der Waals surface area contributed by atoms with Gasteiger partial charge in [-0.25, -0.2) is 0 Å². The van der Waals surface area contributed by atoms with Crippen LogP contribution >= 0.6 is 0 Å². The van der Waals surface area contributed by atoms with E-state index in [9.17, 15) is 0 Å². The Hall–Kier alpha value is -0.960. The molecule has 0 aromatic heterocycles. The lowest BCUT2D eigenvalue weighted by Crippen LogP contribution is -1.83. The molecule has 0 bridgehead atoms. The fraction of sp³-hybridized carbons (Fsp3) is 0.500. The van der Waals surface area contributed by atoms with Crippen LogP contribution in [0, 0.1) is 12.1 Å². The highest BCUT2D eigenvalue weighted by atomic mass is 13.9. The van der Waals surface area contributed by atoms with Gasteiger partial charge in [-0.3, -0.25) is 0 Å². The molecule has 0 aliphatic heterocycles. The zero-order valence-corrected chi connectivity index (χ0v) is 7.98. The van der Waals surface area contributed by atoms with Crippen LogP contribution in [0.5, 0.6) is 0 Å². The summed E-state index contributed by atoms with van der Waals surface area (Å²) >= 11 is 0. The van der Waals surface area contributed by atoms with Gasteiger partial charge in [-0.15, -0.1) is 0 Å². The lowest BCUT2D eigenvalue weighted by molar-refractivity contribution is 0.795. The van der Waals surface area contributed by atoms with Crippen molar-refractivity contribution < 1.29 is 0 Å². The van der Waals surface area contributed by atoms with Gasteiger partial charge in [-0.2, -0.15) is 0 Å². The Morgan fingerprint density at radius 3 is 2.25 bits per heavy atom. The van der Waals surface area contributed by atoms with Gasteiger partial charge in [0.15, 0.2) is 0 Å². The van der Waals surface area contributed by atoms with Crippen molar-refractivity contribution in [3.05, 3.63) is 35.4 Å². The molecule has 0 amide bonds. The molecule has 0 unspecified atom stereocenters. The van der Waals surface area contributed by atoms with E-state index in [0.29, 0.717) is 0 Å². The zero-order valence-electron chi connectivity index (χ0n) is 7.98. The summed E-state index contributed by atoms with van der Waals surface area (Å²) < 4.78 is 0. The molecule has 0 aliphatic rings. The number of unbranched alkanes of at least 4 members (excludes halogenated alkanes) is 1. The molecule has 0 fully saturated rings. The van der Waals surface area contributed by atoms with Gasteiger partial charge >= 0.3 is 0 Å².